The van der Waals surface area contributed by atoms with E-state index in [1.54, 1.807) is 0 Å². The highest BCUT2D eigenvalue weighted by molar-refractivity contribution is 5.86. The van der Waals surface area contributed by atoms with Gasteiger partial charge in [-0.05, 0) is 29.3 Å². The summed E-state index contributed by atoms with van der Waals surface area (Å²) in [6.07, 6.45) is -8.57. The number of benzene rings is 2. The highest BCUT2D eigenvalue weighted by atomic mass is 19.4. The molecule has 2 nitrogen and oxygen atoms in total. The summed E-state index contributed by atoms with van der Waals surface area (Å²) in [6.45, 7) is 0. The fourth-order valence-electron chi connectivity index (χ4n) is 3.12. The second-order valence-corrected chi connectivity index (χ2v) is 6.12. The predicted molar refractivity (Wildman–Crippen MR) is 94.4 cm³/mol. The van der Waals surface area contributed by atoms with E-state index in [4.69, 9.17) is 5.26 Å². The van der Waals surface area contributed by atoms with Gasteiger partial charge in [-0.1, -0.05) is 36.4 Å². The molecule has 1 aromatic heterocycles. The number of halogens is 6. The van der Waals surface area contributed by atoms with Gasteiger partial charge in [-0.3, -0.25) is 4.98 Å². The van der Waals surface area contributed by atoms with Crippen molar-refractivity contribution in [1.82, 2.24) is 4.98 Å². The zero-order valence-corrected chi connectivity index (χ0v) is 14.6. The van der Waals surface area contributed by atoms with Crippen molar-refractivity contribution in [3.8, 4) is 28.5 Å². The van der Waals surface area contributed by atoms with Crippen LogP contribution in [0.15, 0.2) is 60.8 Å². The van der Waals surface area contributed by atoms with Crippen molar-refractivity contribution in [2.24, 2.45) is 0 Å². The summed E-state index contributed by atoms with van der Waals surface area (Å²) in [6, 6.07) is 12.3. The van der Waals surface area contributed by atoms with Crippen LogP contribution in [0.4, 0.5) is 26.3 Å². The van der Waals surface area contributed by atoms with Crippen LogP contribution >= 0.6 is 0 Å². The van der Waals surface area contributed by atoms with Crippen LogP contribution < -0.4 is 0 Å². The summed E-state index contributed by atoms with van der Waals surface area (Å²) in [4.78, 5) is 3.99. The lowest BCUT2D eigenvalue weighted by molar-refractivity contribution is -0.138. The molecule has 0 amide bonds. The molecule has 3 aromatic rings. The normalized spacial score (nSPS) is 11.9. The van der Waals surface area contributed by atoms with Gasteiger partial charge in [0.15, 0.2) is 0 Å². The molecule has 0 bridgehead atoms. The summed E-state index contributed by atoms with van der Waals surface area (Å²) < 4.78 is 81.3. The molecule has 0 aliphatic heterocycles. The summed E-state index contributed by atoms with van der Waals surface area (Å²) in [5, 5.41) is 9.09. The zero-order chi connectivity index (χ0) is 21.2. The topological polar surface area (TPSA) is 36.7 Å². The van der Waals surface area contributed by atoms with Gasteiger partial charge in [0.25, 0.3) is 0 Å². The van der Waals surface area contributed by atoms with Crippen molar-refractivity contribution in [3.63, 3.8) is 0 Å². The second kappa shape index (κ2) is 7.59. The molecule has 0 spiro atoms. The fourth-order valence-corrected chi connectivity index (χ4v) is 3.12. The van der Waals surface area contributed by atoms with Gasteiger partial charge in [-0.25, -0.2) is 0 Å². The first-order valence-corrected chi connectivity index (χ1v) is 8.32. The van der Waals surface area contributed by atoms with Crippen LogP contribution in [0.5, 0.6) is 0 Å². The van der Waals surface area contributed by atoms with Crippen molar-refractivity contribution in [1.29, 1.82) is 5.26 Å². The lowest BCUT2D eigenvalue weighted by Gasteiger charge is -2.20. The van der Waals surface area contributed by atoms with E-state index >= 15 is 0 Å². The van der Waals surface area contributed by atoms with Gasteiger partial charge in [-0.2, -0.15) is 31.6 Å². The Labute approximate surface area is 162 Å². The Bertz CT molecular complexity index is 1080. The van der Waals surface area contributed by atoms with Gasteiger partial charge >= 0.3 is 12.4 Å². The number of rotatable bonds is 3. The number of aromatic nitrogens is 1. The predicted octanol–water partition coefficient (Wildman–Crippen LogP) is 6.52. The van der Waals surface area contributed by atoms with Crippen LogP contribution in [0.2, 0.25) is 0 Å². The second-order valence-electron chi connectivity index (χ2n) is 6.12. The monoisotopic (exact) mass is 406 g/mol. The van der Waals surface area contributed by atoms with Crippen LogP contribution in [0.3, 0.4) is 0 Å². The molecule has 148 valence electrons. The first-order valence-electron chi connectivity index (χ1n) is 8.32. The van der Waals surface area contributed by atoms with Crippen LogP contribution in [-0.2, 0) is 18.8 Å². The van der Waals surface area contributed by atoms with Crippen LogP contribution in [0.25, 0.3) is 22.4 Å². The largest absolute Gasteiger partial charge is 0.417 e. The molecule has 29 heavy (non-hydrogen) atoms. The molecule has 1 heterocycles. The Morgan fingerprint density at radius 3 is 1.83 bits per heavy atom. The molecule has 0 aliphatic rings. The van der Waals surface area contributed by atoms with E-state index in [9.17, 15) is 26.3 Å². The van der Waals surface area contributed by atoms with E-state index in [1.807, 2.05) is 6.07 Å². The van der Waals surface area contributed by atoms with Gasteiger partial charge in [-0.15, -0.1) is 0 Å². The van der Waals surface area contributed by atoms with Gasteiger partial charge < -0.3 is 0 Å². The smallest absolute Gasteiger partial charge is 0.256 e. The van der Waals surface area contributed by atoms with Crippen molar-refractivity contribution in [3.05, 3.63) is 77.5 Å². The Morgan fingerprint density at radius 1 is 0.759 bits per heavy atom. The number of pyridine rings is 1. The minimum Gasteiger partial charge on any atom is -0.256 e. The third-order valence-corrected chi connectivity index (χ3v) is 4.30. The van der Waals surface area contributed by atoms with Gasteiger partial charge in [0.1, 0.15) is 0 Å². The SMILES string of the molecule is N#CCc1ccnc(-c2ccccc2C(F)(F)F)c1-c1ccccc1C(F)(F)F. The fraction of sp³-hybridized carbons (Fsp3) is 0.143. The summed E-state index contributed by atoms with van der Waals surface area (Å²) >= 11 is 0. The minimum absolute atomic E-state index is 0.140. The van der Waals surface area contributed by atoms with Crippen LogP contribution in [-0.4, -0.2) is 4.98 Å². The molecule has 8 heteroatoms. The van der Waals surface area contributed by atoms with Crippen molar-refractivity contribution in [2.45, 2.75) is 18.8 Å². The Hall–Kier alpha value is -3.34. The number of hydrogen-bond donors (Lipinski definition) is 0. The summed E-state index contributed by atoms with van der Waals surface area (Å²) in [7, 11) is 0. The summed E-state index contributed by atoms with van der Waals surface area (Å²) in [5.74, 6) is 0. The first kappa shape index (κ1) is 20.4. The maximum atomic E-state index is 13.6. The van der Waals surface area contributed by atoms with E-state index in [2.05, 4.69) is 4.98 Å². The lowest BCUT2D eigenvalue weighted by Crippen LogP contribution is -2.10. The van der Waals surface area contributed by atoms with E-state index in [-0.39, 0.29) is 34.4 Å². The lowest BCUT2D eigenvalue weighted by atomic mass is 9.89. The Balaban J connectivity index is 2.41. The zero-order valence-electron chi connectivity index (χ0n) is 14.6. The van der Waals surface area contributed by atoms with E-state index < -0.39 is 23.5 Å². The molecule has 3 rings (SSSR count). The highest BCUT2D eigenvalue weighted by Crippen LogP contribution is 2.44. The quantitative estimate of drug-likeness (QED) is 0.465. The minimum atomic E-state index is -4.74. The van der Waals surface area contributed by atoms with E-state index in [0.717, 1.165) is 18.2 Å². The molecular weight excluding hydrogens is 394 g/mol. The molecule has 2 aromatic carbocycles. The average molecular weight is 406 g/mol. The van der Waals surface area contributed by atoms with Crippen molar-refractivity contribution in [2.75, 3.05) is 0 Å². The molecule has 0 atom stereocenters. The van der Waals surface area contributed by atoms with E-state index in [1.165, 1.54) is 42.6 Å². The maximum absolute atomic E-state index is 13.6. The first-order chi connectivity index (χ1) is 13.6. The third kappa shape index (κ3) is 4.09. The number of nitrogens with zero attached hydrogens (tertiary/aromatic N) is 2. The average Bonchev–Trinajstić information content (AvgIpc) is 2.67. The summed E-state index contributed by atoms with van der Waals surface area (Å²) in [5.41, 5.74) is -2.96. The third-order valence-electron chi connectivity index (χ3n) is 4.30. The maximum Gasteiger partial charge on any atom is 0.417 e. The molecule has 0 N–H and O–H groups in total. The number of nitriles is 1. The molecule has 0 saturated heterocycles. The molecule has 0 radical (unpaired) electrons. The van der Waals surface area contributed by atoms with Gasteiger partial charge in [0.2, 0.25) is 0 Å². The number of hydrogen-bond acceptors (Lipinski definition) is 2. The molecule has 0 unspecified atom stereocenters. The van der Waals surface area contributed by atoms with Gasteiger partial charge in [0.05, 0.1) is 29.3 Å². The molecular formula is C21H12F6N2. The molecule has 0 aliphatic carbocycles. The van der Waals surface area contributed by atoms with Gasteiger partial charge in [0, 0.05) is 17.3 Å². The number of alkyl halides is 6. The Morgan fingerprint density at radius 2 is 1.28 bits per heavy atom. The van der Waals surface area contributed by atoms with Crippen LogP contribution in [0.1, 0.15) is 16.7 Å². The molecule has 0 fully saturated rings. The van der Waals surface area contributed by atoms with Crippen LogP contribution in [0, 0.1) is 11.3 Å². The highest BCUT2D eigenvalue weighted by Gasteiger charge is 2.37. The standard InChI is InChI=1S/C21H12F6N2/c22-20(23,24)16-7-3-1-5-14(16)18-13(9-11-28)10-12-29-19(18)15-6-2-4-8-17(15)21(25,26)27/h1-8,10,12H,9H2. The van der Waals surface area contributed by atoms with Crippen molar-refractivity contribution < 1.29 is 26.3 Å². The van der Waals surface area contributed by atoms with E-state index in [0.29, 0.717) is 0 Å². The Kier molecular flexibility index (Phi) is 5.33. The van der Waals surface area contributed by atoms with Crippen molar-refractivity contribution >= 4 is 0 Å². The molecule has 0 saturated carbocycles.